The second-order valence-corrected chi connectivity index (χ2v) is 12.9. The van der Waals surface area contributed by atoms with Crippen LogP contribution in [-0.4, -0.2) is 23.2 Å². The fraction of sp³-hybridized carbons (Fsp3) is 0.893. The van der Waals surface area contributed by atoms with Crippen LogP contribution in [0.2, 0.25) is 0 Å². The molecule has 0 aromatic heterocycles. The van der Waals surface area contributed by atoms with E-state index < -0.39 is 11.8 Å². The van der Waals surface area contributed by atoms with Crippen molar-refractivity contribution in [2.45, 2.75) is 110 Å². The van der Waals surface area contributed by atoms with Crippen molar-refractivity contribution in [3.63, 3.8) is 0 Å². The van der Waals surface area contributed by atoms with Gasteiger partial charge < -0.3 is 9.90 Å². The van der Waals surface area contributed by atoms with Crippen LogP contribution in [0.5, 0.6) is 0 Å². The minimum Gasteiger partial charge on any atom is -0.380 e. The van der Waals surface area contributed by atoms with Gasteiger partial charge in [-0.15, -0.1) is 6.58 Å². The van der Waals surface area contributed by atoms with Crippen LogP contribution in [-0.2, 0) is 4.79 Å². The molecule has 4 rings (SSSR count). The Kier molecular flexibility index (Phi) is 5.99. The summed E-state index contributed by atoms with van der Waals surface area (Å²) < 4.78 is 41.2. The molecule has 0 heterocycles. The quantitative estimate of drug-likeness (QED) is 0.335. The highest BCUT2D eigenvalue weighted by atomic mass is 19.4. The smallest absolute Gasteiger partial charge is 0.380 e. The van der Waals surface area contributed by atoms with Crippen molar-refractivity contribution in [3.05, 3.63) is 12.7 Å². The van der Waals surface area contributed by atoms with E-state index in [-0.39, 0.29) is 40.4 Å². The van der Waals surface area contributed by atoms with Crippen LogP contribution in [0.1, 0.15) is 98.3 Å². The Morgan fingerprint density at radius 1 is 1.03 bits per heavy atom. The van der Waals surface area contributed by atoms with Gasteiger partial charge in [0.05, 0.1) is 0 Å². The zero-order valence-electron chi connectivity index (χ0n) is 20.9. The molecule has 0 aliphatic heterocycles. The topological polar surface area (TPSA) is 37.3 Å². The fourth-order valence-electron chi connectivity index (χ4n) is 10.2. The maximum Gasteiger partial charge on any atom is 0.417 e. The zero-order chi connectivity index (χ0) is 24.5. The van der Waals surface area contributed by atoms with E-state index >= 15 is 0 Å². The van der Waals surface area contributed by atoms with Gasteiger partial charge in [0.1, 0.15) is 6.29 Å². The third-order valence-corrected chi connectivity index (χ3v) is 12.1. The van der Waals surface area contributed by atoms with E-state index in [0.29, 0.717) is 30.6 Å². The minimum atomic E-state index is -4.57. The standard InChI is InChI=1S/C28H43F3O2/c1-6-26-15-13-23(3)21(19(2)8-7-17-32)9-10-22(23)25(26,5)12-11-20-18-27(33,28(29,30)31)16-14-24(20,26)4/h6,17,19-22,33H,1,7-16,18H2,2-5H3/t19-,20?,21-,22-,23-,24+,25?,26?,27+/m1/s1. The molecule has 0 bridgehead atoms. The van der Waals surface area contributed by atoms with Crippen molar-refractivity contribution in [1.82, 2.24) is 0 Å². The number of aldehydes is 1. The molecule has 4 aliphatic rings. The van der Waals surface area contributed by atoms with Crippen LogP contribution in [0.15, 0.2) is 12.7 Å². The maximum atomic E-state index is 13.7. The molecule has 0 amide bonds. The molecule has 0 aromatic rings. The normalized spacial score (nSPS) is 50.6. The number of halogens is 3. The number of allylic oxidation sites excluding steroid dienone is 1. The first-order chi connectivity index (χ1) is 15.2. The minimum absolute atomic E-state index is 0.000181. The van der Waals surface area contributed by atoms with Gasteiger partial charge in [0.25, 0.3) is 0 Å². The summed E-state index contributed by atoms with van der Waals surface area (Å²) in [4.78, 5) is 11.0. The number of hydrogen-bond acceptors (Lipinski definition) is 2. The number of carbonyl (C=O) groups is 1. The van der Waals surface area contributed by atoms with Crippen LogP contribution >= 0.6 is 0 Å². The van der Waals surface area contributed by atoms with Gasteiger partial charge in [-0.2, -0.15) is 13.2 Å². The summed E-state index contributed by atoms with van der Waals surface area (Å²) in [6, 6.07) is 0. The Morgan fingerprint density at radius 2 is 1.73 bits per heavy atom. The van der Waals surface area contributed by atoms with E-state index in [9.17, 15) is 23.1 Å². The highest BCUT2D eigenvalue weighted by molar-refractivity contribution is 5.49. The van der Waals surface area contributed by atoms with Crippen LogP contribution in [0, 0.1) is 45.3 Å². The lowest BCUT2D eigenvalue weighted by Gasteiger charge is -2.72. The van der Waals surface area contributed by atoms with Crippen molar-refractivity contribution < 1.29 is 23.1 Å². The number of carbonyl (C=O) groups excluding carboxylic acids is 1. The second kappa shape index (κ2) is 7.83. The predicted octanol–water partition coefficient (Wildman–Crippen LogP) is 7.50. The second-order valence-electron chi connectivity index (χ2n) is 12.9. The number of alkyl halides is 3. The van der Waals surface area contributed by atoms with E-state index in [1.807, 2.05) is 0 Å². The molecule has 0 radical (unpaired) electrons. The molecule has 0 saturated heterocycles. The average Bonchev–Trinajstić information content (AvgIpc) is 3.10. The van der Waals surface area contributed by atoms with E-state index in [2.05, 4.69) is 40.3 Å². The first kappa shape index (κ1) is 25.3. The molecule has 4 aliphatic carbocycles. The Labute approximate surface area is 197 Å². The molecule has 33 heavy (non-hydrogen) atoms. The molecule has 9 atom stereocenters. The van der Waals surface area contributed by atoms with E-state index in [0.717, 1.165) is 44.8 Å². The maximum absolute atomic E-state index is 13.7. The van der Waals surface area contributed by atoms with Crippen molar-refractivity contribution in [2.75, 3.05) is 0 Å². The summed E-state index contributed by atoms with van der Waals surface area (Å²) >= 11 is 0. The van der Waals surface area contributed by atoms with Crippen LogP contribution in [0.4, 0.5) is 13.2 Å². The number of rotatable bonds is 5. The molecule has 4 saturated carbocycles. The van der Waals surface area contributed by atoms with Crippen molar-refractivity contribution >= 4 is 6.29 Å². The Balaban J connectivity index is 1.69. The summed E-state index contributed by atoms with van der Waals surface area (Å²) in [5.74, 6) is 1.47. The highest BCUT2D eigenvalue weighted by Gasteiger charge is 2.73. The number of hydrogen-bond donors (Lipinski definition) is 1. The fourth-order valence-corrected chi connectivity index (χ4v) is 10.2. The molecule has 1 N–H and O–H groups in total. The highest BCUT2D eigenvalue weighted by Crippen LogP contribution is 2.79. The molecule has 3 unspecified atom stereocenters. The summed E-state index contributed by atoms with van der Waals surface area (Å²) in [7, 11) is 0. The van der Waals surface area contributed by atoms with Crippen molar-refractivity contribution in [3.8, 4) is 0 Å². The van der Waals surface area contributed by atoms with Gasteiger partial charge >= 0.3 is 6.18 Å². The average molecular weight is 469 g/mol. The molecular formula is C28H43F3O2. The van der Waals surface area contributed by atoms with Gasteiger partial charge in [-0.25, -0.2) is 0 Å². The lowest BCUT2D eigenvalue weighted by molar-refractivity contribution is -0.302. The third-order valence-electron chi connectivity index (χ3n) is 12.1. The Bertz CT molecular complexity index is 795. The number of aliphatic hydroxyl groups is 1. The summed E-state index contributed by atoms with van der Waals surface area (Å²) in [5.41, 5.74) is -2.83. The molecule has 188 valence electrons. The van der Waals surface area contributed by atoms with Crippen LogP contribution < -0.4 is 0 Å². The molecule has 0 aromatic carbocycles. The summed E-state index contributed by atoms with van der Waals surface area (Å²) in [6.07, 6.45) is 6.21. The monoisotopic (exact) mass is 468 g/mol. The summed E-state index contributed by atoms with van der Waals surface area (Å²) in [5, 5.41) is 10.6. The van der Waals surface area contributed by atoms with Gasteiger partial charge in [-0.05, 0) is 110 Å². The van der Waals surface area contributed by atoms with E-state index in [1.54, 1.807) is 0 Å². The summed E-state index contributed by atoms with van der Waals surface area (Å²) in [6.45, 7) is 13.7. The molecule has 5 heteroatoms. The van der Waals surface area contributed by atoms with Crippen LogP contribution in [0.25, 0.3) is 0 Å². The van der Waals surface area contributed by atoms with Gasteiger partial charge in [0.15, 0.2) is 5.60 Å². The van der Waals surface area contributed by atoms with Crippen molar-refractivity contribution in [2.24, 2.45) is 45.3 Å². The van der Waals surface area contributed by atoms with Gasteiger partial charge in [-0.3, -0.25) is 0 Å². The molecule has 4 fully saturated rings. The van der Waals surface area contributed by atoms with Crippen molar-refractivity contribution in [1.29, 1.82) is 0 Å². The number of fused-ring (bicyclic) bond motifs is 5. The SMILES string of the molecule is C=CC12CC[C@]3(C)[C@@H]([C@H](C)CCC=O)CC[C@H]3C1(C)CCC1C[C@](O)(C(F)(F)F)CC[C@@]12C. The largest absolute Gasteiger partial charge is 0.417 e. The van der Waals surface area contributed by atoms with Gasteiger partial charge in [0.2, 0.25) is 0 Å². The Morgan fingerprint density at radius 3 is 2.33 bits per heavy atom. The third kappa shape index (κ3) is 3.19. The van der Waals surface area contributed by atoms with E-state index in [1.165, 1.54) is 6.42 Å². The predicted molar refractivity (Wildman–Crippen MR) is 124 cm³/mol. The lowest BCUT2D eigenvalue weighted by Crippen LogP contribution is -2.67. The van der Waals surface area contributed by atoms with Gasteiger partial charge in [0, 0.05) is 6.42 Å². The lowest BCUT2D eigenvalue weighted by atomic mass is 9.32. The molecular weight excluding hydrogens is 425 g/mol. The van der Waals surface area contributed by atoms with E-state index in [4.69, 9.17) is 0 Å². The van der Waals surface area contributed by atoms with Gasteiger partial charge in [-0.1, -0.05) is 33.8 Å². The van der Waals surface area contributed by atoms with Crippen LogP contribution in [0.3, 0.4) is 0 Å². The first-order valence-corrected chi connectivity index (χ1v) is 13.1. The first-order valence-electron chi connectivity index (χ1n) is 13.1. The molecule has 0 spiro atoms. The molecule has 2 nitrogen and oxygen atoms in total. The Hall–Kier alpha value is -0.840. The zero-order valence-corrected chi connectivity index (χ0v) is 20.9.